The smallest absolute Gasteiger partial charge is 0.0992 e. The molecule has 2 aromatic carbocycles. The largest absolute Gasteiger partial charge is 0.369 e. The maximum atomic E-state index is 8.82. The molecule has 0 atom stereocenters. The zero-order valence-electron chi connectivity index (χ0n) is 10.4. The summed E-state index contributed by atoms with van der Waals surface area (Å²) in [5, 5.41) is 10.1. The quantitative estimate of drug-likeness (QED) is 0.832. The zero-order chi connectivity index (χ0) is 13.8. The highest BCUT2D eigenvalue weighted by atomic mass is 35.5. The van der Waals surface area contributed by atoms with E-state index in [0.717, 1.165) is 22.8 Å². The van der Waals surface area contributed by atoms with E-state index in [1.54, 1.807) is 12.1 Å². The topological polar surface area (TPSA) is 27.0 Å². The summed E-state index contributed by atoms with van der Waals surface area (Å²) in [4.78, 5) is 2.03. The lowest BCUT2D eigenvalue weighted by Gasteiger charge is -2.20. The molecule has 0 spiro atoms. The second-order valence-electron chi connectivity index (χ2n) is 4.26. The van der Waals surface area contributed by atoms with Crippen LogP contribution in [0.1, 0.15) is 11.1 Å². The summed E-state index contributed by atoms with van der Waals surface area (Å²) in [6, 6.07) is 15.1. The first-order valence-electron chi connectivity index (χ1n) is 5.75. The summed E-state index contributed by atoms with van der Waals surface area (Å²) in [6.07, 6.45) is 0. The third-order valence-corrected chi connectivity index (χ3v) is 3.38. The molecule has 4 heteroatoms. The van der Waals surface area contributed by atoms with E-state index in [9.17, 15) is 0 Å². The van der Waals surface area contributed by atoms with Crippen LogP contribution in [0.4, 0.5) is 5.69 Å². The first-order valence-corrected chi connectivity index (χ1v) is 6.51. The molecule has 2 aromatic rings. The fraction of sp³-hybridized carbons (Fsp3) is 0.133. The Balaban J connectivity index is 2.18. The molecule has 0 saturated carbocycles. The van der Waals surface area contributed by atoms with Gasteiger partial charge in [0.2, 0.25) is 0 Å². The van der Waals surface area contributed by atoms with Crippen LogP contribution in [-0.4, -0.2) is 7.05 Å². The Hall–Kier alpha value is -1.69. The van der Waals surface area contributed by atoms with Crippen LogP contribution in [0.15, 0.2) is 42.5 Å². The Kier molecular flexibility index (Phi) is 4.31. The van der Waals surface area contributed by atoms with Crippen molar-refractivity contribution in [1.82, 2.24) is 0 Å². The molecule has 0 radical (unpaired) electrons. The third kappa shape index (κ3) is 3.41. The molecule has 0 heterocycles. The number of halogens is 2. The first kappa shape index (κ1) is 13.7. The molecule has 0 amide bonds. The second-order valence-corrected chi connectivity index (χ2v) is 5.10. The highest BCUT2D eigenvalue weighted by Gasteiger charge is 2.07. The molecule has 0 N–H and O–H groups in total. The van der Waals surface area contributed by atoms with E-state index in [2.05, 4.69) is 6.07 Å². The summed E-state index contributed by atoms with van der Waals surface area (Å²) in [7, 11) is 1.96. The van der Waals surface area contributed by atoms with Crippen LogP contribution in [0.3, 0.4) is 0 Å². The molecule has 19 heavy (non-hydrogen) atoms. The van der Waals surface area contributed by atoms with Gasteiger partial charge in [0, 0.05) is 18.6 Å². The van der Waals surface area contributed by atoms with Crippen LogP contribution in [0.2, 0.25) is 10.0 Å². The monoisotopic (exact) mass is 290 g/mol. The molecule has 0 fully saturated rings. The van der Waals surface area contributed by atoms with Gasteiger partial charge in [0.25, 0.3) is 0 Å². The molecule has 0 bridgehead atoms. The third-order valence-electron chi connectivity index (χ3n) is 2.82. The summed E-state index contributed by atoms with van der Waals surface area (Å²) in [5.74, 6) is 0. The van der Waals surface area contributed by atoms with Crippen molar-refractivity contribution in [2.24, 2.45) is 0 Å². The van der Waals surface area contributed by atoms with Gasteiger partial charge in [-0.15, -0.1) is 0 Å². The summed E-state index contributed by atoms with van der Waals surface area (Å²) < 4.78 is 0. The summed E-state index contributed by atoms with van der Waals surface area (Å²) in [5.41, 5.74) is 2.61. The average Bonchev–Trinajstić information content (AvgIpc) is 2.41. The molecule has 0 aromatic heterocycles. The van der Waals surface area contributed by atoms with Crippen LogP contribution in [-0.2, 0) is 6.54 Å². The zero-order valence-corrected chi connectivity index (χ0v) is 11.9. The van der Waals surface area contributed by atoms with E-state index in [0.29, 0.717) is 10.6 Å². The Labute approximate surface area is 122 Å². The molecule has 0 aliphatic carbocycles. The molecule has 0 unspecified atom stereocenters. The minimum atomic E-state index is 0.564. The molecule has 0 aliphatic heterocycles. The minimum Gasteiger partial charge on any atom is -0.369 e. The Morgan fingerprint density at radius 1 is 1.11 bits per heavy atom. The van der Waals surface area contributed by atoms with Gasteiger partial charge < -0.3 is 4.90 Å². The van der Waals surface area contributed by atoms with Gasteiger partial charge in [-0.2, -0.15) is 5.26 Å². The molecule has 0 saturated heterocycles. The van der Waals surface area contributed by atoms with Crippen molar-refractivity contribution in [3.63, 3.8) is 0 Å². The number of benzene rings is 2. The highest BCUT2D eigenvalue weighted by molar-refractivity contribution is 6.33. The first-order chi connectivity index (χ1) is 9.10. The SMILES string of the molecule is CN(Cc1ccc(Cl)cc1)c1ccc(C#N)cc1Cl. The standard InChI is InChI=1S/C15H12Cl2N2/c1-19(10-11-2-5-13(16)6-3-11)15-7-4-12(9-18)8-14(15)17/h2-8H,10H2,1H3. The maximum absolute atomic E-state index is 8.82. The van der Waals surface area contributed by atoms with Crippen LogP contribution >= 0.6 is 23.2 Å². The van der Waals surface area contributed by atoms with Crippen LogP contribution in [0.25, 0.3) is 0 Å². The molecular formula is C15H12Cl2N2. The van der Waals surface area contributed by atoms with Crippen molar-refractivity contribution >= 4 is 28.9 Å². The van der Waals surface area contributed by atoms with E-state index >= 15 is 0 Å². The highest BCUT2D eigenvalue weighted by Crippen LogP contribution is 2.27. The predicted octanol–water partition coefficient (Wildman–Crippen LogP) is 4.50. The lowest BCUT2D eigenvalue weighted by atomic mass is 10.2. The molecule has 2 rings (SSSR count). The number of nitriles is 1. The number of anilines is 1. The van der Waals surface area contributed by atoms with Crippen LogP contribution < -0.4 is 4.90 Å². The van der Waals surface area contributed by atoms with Gasteiger partial charge in [-0.1, -0.05) is 35.3 Å². The average molecular weight is 291 g/mol. The van der Waals surface area contributed by atoms with Gasteiger partial charge in [0.15, 0.2) is 0 Å². The second kappa shape index (κ2) is 5.97. The lowest BCUT2D eigenvalue weighted by Crippen LogP contribution is -2.16. The maximum Gasteiger partial charge on any atom is 0.0992 e. The predicted molar refractivity (Wildman–Crippen MR) is 79.7 cm³/mol. The lowest BCUT2D eigenvalue weighted by molar-refractivity contribution is 0.923. The number of rotatable bonds is 3. The van der Waals surface area contributed by atoms with Gasteiger partial charge in [-0.05, 0) is 35.9 Å². The van der Waals surface area contributed by atoms with Crippen molar-refractivity contribution in [2.45, 2.75) is 6.54 Å². The van der Waals surface area contributed by atoms with Gasteiger partial charge in [0.1, 0.15) is 0 Å². The Morgan fingerprint density at radius 3 is 2.37 bits per heavy atom. The molecule has 96 valence electrons. The fourth-order valence-electron chi connectivity index (χ4n) is 1.83. The minimum absolute atomic E-state index is 0.564. The van der Waals surface area contributed by atoms with E-state index in [1.807, 2.05) is 42.3 Å². The van der Waals surface area contributed by atoms with Crippen LogP contribution in [0, 0.1) is 11.3 Å². The molecular weight excluding hydrogens is 279 g/mol. The van der Waals surface area contributed by atoms with E-state index < -0.39 is 0 Å². The number of hydrogen-bond acceptors (Lipinski definition) is 2. The normalized spacial score (nSPS) is 10.0. The van der Waals surface area contributed by atoms with Crippen molar-refractivity contribution in [2.75, 3.05) is 11.9 Å². The number of hydrogen-bond donors (Lipinski definition) is 0. The molecule has 0 aliphatic rings. The van der Waals surface area contributed by atoms with E-state index in [4.69, 9.17) is 28.5 Å². The van der Waals surface area contributed by atoms with Crippen molar-refractivity contribution in [1.29, 1.82) is 5.26 Å². The van der Waals surface area contributed by atoms with Gasteiger partial charge in [0.05, 0.1) is 22.3 Å². The van der Waals surface area contributed by atoms with E-state index in [1.165, 1.54) is 0 Å². The van der Waals surface area contributed by atoms with Gasteiger partial charge in [-0.25, -0.2) is 0 Å². The summed E-state index contributed by atoms with van der Waals surface area (Å²) >= 11 is 12.0. The van der Waals surface area contributed by atoms with Gasteiger partial charge >= 0.3 is 0 Å². The Morgan fingerprint density at radius 2 is 1.79 bits per heavy atom. The Bertz CT molecular complexity index is 615. The molecule has 2 nitrogen and oxygen atoms in total. The van der Waals surface area contributed by atoms with Crippen molar-refractivity contribution in [3.05, 3.63) is 63.6 Å². The van der Waals surface area contributed by atoms with Crippen LogP contribution in [0.5, 0.6) is 0 Å². The van der Waals surface area contributed by atoms with E-state index in [-0.39, 0.29) is 0 Å². The fourth-order valence-corrected chi connectivity index (χ4v) is 2.29. The summed E-state index contributed by atoms with van der Waals surface area (Å²) in [6.45, 7) is 0.725. The van der Waals surface area contributed by atoms with Crippen molar-refractivity contribution < 1.29 is 0 Å². The van der Waals surface area contributed by atoms with Gasteiger partial charge in [-0.3, -0.25) is 0 Å². The van der Waals surface area contributed by atoms with Crippen molar-refractivity contribution in [3.8, 4) is 6.07 Å². The number of nitrogens with zero attached hydrogens (tertiary/aromatic N) is 2.